The molecule has 4 heterocycles. The second-order valence-electron chi connectivity index (χ2n) is 8.05. The maximum Gasteiger partial charge on any atom is 0.275 e. The minimum Gasteiger partial charge on any atom is -0.383 e. The van der Waals surface area contributed by atoms with Crippen LogP contribution in [0.2, 0.25) is 0 Å². The van der Waals surface area contributed by atoms with E-state index in [1.807, 2.05) is 30.3 Å². The number of hydrogen-bond donors (Lipinski definition) is 0. The molecule has 8 heteroatoms. The van der Waals surface area contributed by atoms with Crippen molar-refractivity contribution in [3.8, 4) is 0 Å². The molecular formula is C20H27N5O2S. The highest BCUT2D eigenvalue weighted by Crippen LogP contribution is 2.44. The van der Waals surface area contributed by atoms with Crippen LogP contribution in [0.15, 0.2) is 24.5 Å². The van der Waals surface area contributed by atoms with Crippen molar-refractivity contribution in [3.05, 3.63) is 40.7 Å². The topological polar surface area (TPSA) is 71.5 Å². The Kier molecular flexibility index (Phi) is 5.70. The molecule has 7 nitrogen and oxygen atoms in total. The van der Waals surface area contributed by atoms with E-state index >= 15 is 0 Å². The summed E-state index contributed by atoms with van der Waals surface area (Å²) in [5.41, 5.74) is 2.01. The van der Waals surface area contributed by atoms with Crippen molar-refractivity contribution in [2.75, 3.05) is 33.4 Å². The second kappa shape index (κ2) is 8.23. The number of carbonyl (C=O) groups excluding carboxylic acids is 1. The van der Waals surface area contributed by atoms with Crippen molar-refractivity contribution in [3.63, 3.8) is 0 Å². The number of hydrogen-bond acceptors (Lipinski definition) is 7. The first kappa shape index (κ1) is 19.4. The Morgan fingerprint density at radius 2 is 2.21 bits per heavy atom. The first-order chi connectivity index (χ1) is 13.6. The van der Waals surface area contributed by atoms with Crippen molar-refractivity contribution in [2.45, 2.75) is 38.8 Å². The summed E-state index contributed by atoms with van der Waals surface area (Å²) in [6, 6.07) is 4.54. The molecule has 2 saturated heterocycles. The minimum absolute atomic E-state index is 0.0276. The molecule has 1 atom stereocenters. The number of piperidine rings is 1. The molecule has 150 valence electrons. The standard InChI is InChI=1S/C20H27N5O2S/c1-15-18(22-23-28-15)19(26)24-8-5-20(6-9-24)10-17(13-27-2)25(14-20)12-16-4-3-7-21-11-16/h3-4,7,11,17H,5-6,8-10,12-14H2,1-2H3/t17-/m0/s1. The van der Waals surface area contributed by atoms with Gasteiger partial charge in [0.05, 0.1) is 11.5 Å². The van der Waals surface area contributed by atoms with Crippen LogP contribution in [0.4, 0.5) is 0 Å². The van der Waals surface area contributed by atoms with Gasteiger partial charge in [-0.1, -0.05) is 10.6 Å². The number of likely N-dealkylation sites (tertiary alicyclic amines) is 2. The van der Waals surface area contributed by atoms with E-state index in [0.29, 0.717) is 11.7 Å². The highest BCUT2D eigenvalue weighted by atomic mass is 32.1. The second-order valence-corrected chi connectivity index (χ2v) is 9.01. The molecule has 2 aromatic heterocycles. The fourth-order valence-corrected chi connectivity index (χ4v) is 5.11. The van der Waals surface area contributed by atoms with Crippen molar-refractivity contribution >= 4 is 17.4 Å². The molecule has 0 radical (unpaired) electrons. The maximum absolute atomic E-state index is 12.8. The molecule has 0 saturated carbocycles. The average molecular weight is 402 g/mol. The fourth-order valence-electron chi connectivity index (χ4n) is 4.65. The van der Waals surface area contributed by atoms with Crippen molar-refractivity contribution in [1.82, 2.24) is 24.4 Å². The zero-order chi connectivity index (χ0) is 19.6. The monoisotopic (exact) mass is 401 g/mol. The number of pyridine rings is 1. The molecule has 0 bridgehead atoms. The molecule has 4 rings (SSSR count). The predicted octanol–water partition coefficient (Wildman–Crippen LogP) is 2.38. The van der Waals surface area contributed by atoms with Crippen LogP contribution in [0.5, 0.6) is 0 Å². The molecule has 1 amide bonds. The predicted molar refractivity (Wildman–Crippen MR) is 107 cm³/mol. The van der Waals surface area contributed by atoms with E-state index in [-0.39, 0.29) is 11.3 Å². The Hall–Kier alpha value is -1.90. The first-order valence-corrected chi connectivity index (χ1v) is 10.6. The average Bonchev–Trinajstić information content (AvgIpc) is 3.27. The maximum atomic E-state index is 12.8. The summed E-state index contributed by atoms with van der Waals surface area (Å²) in [7, 11) is 1.78. The lowest BCUT2D eigenvalue weighted by molar-refractivity contribution is 0.0581. The Morgan fingerprint density at radius 3 is 2.86 bits per heavy atom. The lowest BCUT2D eigenvalue weighted by atomic mass is 9.76. The smallest absolute Gasteiger partial charge is 0.275 e. The number of amides is 1. The van der Waals surface area contributed by atoms with Gasteiger partial charge in [-0.3, -0.25) is 14.7 Å². The number of aryl methyl sites for hydroxylation is 1. The molecule has 0 aromatic carbocycles. The van der Waals surface area contributed by atoms with Crippen LogP contribution in [-0.4, -0.2) is 69.7 Å². The third kappa shape index (κ3) is 3.94. The molecule has 1 spiro atoms. The van der Waals surface area contributed by atoms with Gasteiger partial charge < -0.3 is 9.64 Å². The van der Waals surface area contributed by atoms with Crippen LogP contribution >= 0.6 is 11.5 Å². The normalized spacial score (nSPS) is 22.1. The molecule has 2 aliphatic heterocycles. The Bertz CT molecular complexity index is 804. The highest BCUT2D eigenvalue weighted by molar-refractivity contribution is 7.05. The van der Waals surface area contributed by atoms with Gasteiger partial charge in [0.25, 0.3) is 5.91 Å². The Morgan fingerprint density at radius 1 is 1.39 bits per heavy atom. The summed E-state index contributed by atoms with van der Waals surface area (Å²) in [6.45, 7) is 6.18. The van der Waals surface area contributed by atoms with Gasteiger partial charge in [0.1, 0.15) is 0 Å². The molecule has 2 aliphatic rings. The van der Waals surface area contributed by atoms with Gasteiger partial charge in [-0.15, -0.1) is 5.10 Å². The van der Waals surface area contributed by atoms with Gasteiger partial charge in [-0.05, 0) is 54.8 Å². The molecular weight excluding hydrogens is 374 g/mol. The number of ether oxygens (including phenoxy) is 1. The molecule has 2 aromatic rings. The summed E-state index contributed by atoms with van der Waals surface area (Å²) in [5.74, 6) is 0.0276. The molecule has 2 fully saturated rings. The van der Waals surface area contributed by atoms with Crippen LogP contribution in [0.1, 0.15) is 40.2 Å². The van der Waals surface area contributed by atoms with Gasteiger partial charge in [-0.25, -0.2) is 0 Å². The van der Waals surface area contributed by atoms with Gasteiger partial charge in [0.15, 0.2) is 5.69 Å². The zero-order valence-corrected chi connectivity index (χ0v) is 17.3. The van der Waals surface area contributed by atoms with Crippen molar-refractivity contribution in [1.29, 1.82) is 0 Å². The third-order valence-electron chi connectivity index (χ3n) is 6.16. The number of nitrogens with zero attached hydrogens (tertiary/aromatic N) is 5. The third-order valence-corrected chi connectivity index (χ3v) is 6.79. The molecule has 0 N–H and O–H groups in total. The largest absolute Gasteiger partial charge is 0.383 e. The van der Waals surface area contributed by atoms with E-state index in [4.69, 9.17) is 4.74 Å². The van der Waals surface area contributed by atoms with E-state index in [0.717, 1.165) is 56.9 Å². The van der Waals surface area contributed by atoms with Gasteiger partial charge in [0.2, 0.25) is 0 Å². The van der Waals surface area contributed by atoms with Gasteiger partial charge in [-0.2, -0.15) is 0 Å². The van der Waals surface area contributed by atoms with Crippen molar-refractivity contribution in [2.24, 2.45) is 5.41 Å². The van der Waals surface area contributed by atoms with E-state index < -0.39 is 0 Å². The summed E-state index contributed by atoms with van der Waals surface area (Å²) in [4.78, 5) is 22.4. The number of carbonyl (C=O) groups is 1. The highest BCUT2D eigenvalue weighted by Gasteiger charge is 2.46. The SMILES string of the molecule is COC[C@@H]1CC2(CCN(C(=O)c3nnsc3C)CC2)CN1Cc1cccnc1. The summed E-state index contributed by atoms with van der Waals surface area (Å²) >= 11 is 1.29. The quantitative estimate of drug-likeness (QED) is 0.766. The zero-order valence-electron chi connectivity index (χ0n) is 16.5. The lowest BCUT2D eigenvalue weighted by Crippen LogP contribution is -2.44. The van der Waals surface area contributed by atoms with E-state index in [9.17, 15) is 4.79 Å². The van der Waals surface area contributed by atoms with Crippen LogP contribution in [-0.2, 0) is 11.3 Å². The molecule has 0 unspecified atom stereocenters. The van der Waals surface area contributed by atoms with E-state index in [2.05, 4.69) is 25.5 Å². The van der Waals surface area contributed by atoms with Crippen LogP contribution in [0.25, 0.3) is 0 Å². The van der Waals surface area contributed by atoms with Gasteiger partial charge >= 0.3 is 0 Å². The van der Waals surface area contributed by atoms with Crippen molar-refractivity contribution < 1.29 is 9.53 Å². The number of aromatic nitrogens is 3. The molecule has 28 heavy (non-hydrogen) atoms. The summed E-state index contributed by atoms with van der Waals surface area (Å²) < 4.78 is 9.42. The van der Waals surface area contributed by atoms with Crippen LogP contribution < -0.4 is 0 Å². The Balaban J connectivity index is 1.41. The first-order valence-electron chi connectivity index (χ1n) is 9.80. The van der Waals surface area contributed by atoms with Gasteiger partial charge in [0, 0.05) is 51.7 Å². The minimum atomic E-state index is 0.0276. The van der Waals surface area contributed by atoms with Crippen LogP contribution in [0.3, 0.4) is 0 Å². The summed E-state index contributed by atoms with van der Waals surface area (Å²) in [5, 5.41) is 4.02. The number of methoxy groups -OCH3 is 1. The summed E-state index contributed by atoms with van der Waals surface area (Å²) in [6.07, 6.45) is 6.94. The van der Waals surface area contributed by atoms with Crippen LogP contribution in [0, 0.1) is 12.3 Å². The number of rotatable bonds is 5. The lowest BCUT2D eigenvalue weighted by Gasteiger charge is -2.39. The van der Waals surface area contributed by atoms with E-state index in [1.165, 1.54) is 17.1 Å². The Labute approximate surface area is 169 Å². The molecule has 0 aliphatic carbocycles. The fraction of sp³-hybridized carbons (Fsp3) is 0.600. The van der Waals surface area contributed by atoms with E-state index in [1.54, 1.807) is 7.11 Å².